The molecule has 170 valence electrons. The van der Waals surface area contributed by atoms with Crippen molar-refractivity contribution in [2.24, 2.45) is 0 Å². The smallest absolute Gasteiger partial charge is 0.303 e. The van der Waals surface area contributed by atoms with Gasteiger partial charge in [-0.2, -0.15) is 0 Å². The standard InChI is InChI=1S/C21H34N2O5S2/c1-17-13-14-18(29-15-10-12-20(25)26)21(22-17)23-19(24)11-8-6-4-2-3-5-7-9-16-30(27)28/h13-14H,2-12,15-16H2,1H3,(H,25,26)(H,27,28)(H,22,23,24). The van der Waals surface area contributed by atoms with Crippen molar-refractivity contribution in [2.75, 3.05) is 16.8 Å². The van der Waals surface area contributed by atoms with Crippen LogP contribution in [0.5, 0.6) is 0 Å². The largest absolute Gasteiger partial charge is 0.481 e. The Balaban J connectivity index is 2.22. The van der Waals surface area contributed by atoms with Crippen LogP contribution >= 0.6 is 11.8 Å². The molecule has 0 bridgehead atoms. The second-order valence-corrected chi connectivity index (χ2v) is 9.49. The van der Waals surface area contributed by atoms with Gasteiger partial charge in [-0.1, -0.05) is 38.5 Å². The molecule has 3 N–H and O–H groups in total. The summed E-state index contributed by atoms with van der Waals surface area (Å²) < 4.78 is 19.2. The van der Waals surface area contributed by atoms with Crippen LogP contribution in [0.3, 0.4) is 0 Å². The van der Waals surface area contributed by atoms with Crippen LogP contribution in [0.15, 0.2) is 17.0 Å². The maximum Gasteiger partial charge on any atom is 0.303 e. The molecule has 0 aliphatic heterocycles. The SMILES string of the molecule is Cc1ccc(SCCCC(=O)O)c(NC(=O)CCCCCCCCCCS(=O)O)n1. The fourth-order valence-electron chi connectivity index (χ4n) is 2.92. The maximum absolute atomic E-state index is 12.3. The maximum atomic E-state index is 12.3. The zero-order valence-electron chi connectivity index (χ0n) is 17.7. The molecular formula is C21H34N2O5S2. The number of rotatable bonds is 17. The van der Waals surface area contributed by atoms with E-state index in [2.05, 4.69) is 10.3 Å². The average molecular weight is 459 g/mol. The van der Waals surface area contributed by atoms with E-state index in [4.69, 9.17) is 9.66 Å². The number of aliphatic carboxylic acids is 1. The minimum absolute atomic E-state index is 0.0440. The van der Waals surface area contributed by atoms with Gasteiger partial charge in [0.2, 0.25) is 5.91 Å². The summed E-state index contributed by atoms with van der Waals surface area (Å²) in [5.74, 6) is 0.748. The zero-order valence-corrected chi connectivity index (χ0v) is 19.4. The van der Waals surface area contributed by atoms with Gasteiger partial charge in [0.1, 0.15) is 5.82 Å². The number of thioether (sulfide) groups is 1. The number of unbranched alkanes of at least 4 members (excludes halogenated alkanes) is 7. The van der Waals surface area contributed by atoms with Crippen molar-refractivity contribution in [3.63, 3.8) is 0 Å². The molecule has 0 aliphatic carbocycles. The van der Waals surface area contributed by atoms with Gasteiger partial charge in [0.25, 0.3) is 0 Å². The number of carbonyl (C=O) groups excluding carboxylic acids is 1. The van der Waals surface area contributed by atoms with Gasteiger partial charge in [0.15, 0.2) is 11.1 Å². The highest BCUT2D eigenvalue weighted by atomic mass is 32.2. The highest BCUT2D eigenvalue weighted by Crippen LogP contribution is 2.27. The first-order chi connectivity index (χ1) is 14.4. The normalized spacial score (nSPS) is 11.9. The number of pyridine rings is 1. The fraction of sp³-hybridized carbons (Fsp3) is 0.667. The topological polar surface area (TPSA) is 117 Å². The van der Waals surface area contributed by atoms with Gasteiger partial charge in [-0.25, -0.2) is 9.19 Å². The molecule has 0 spiro atoms. The number of anilines is 1. The van der Waals surface area contributed by atoms with Crippen molar-refractivity contribution >= 4 is 40.5 Å². The predicted molar refractivity (Wildman–Crippen MR) is 122 cm³/mol. The van der Waals surface area contributed by atoms with Crippen molar-refractivity contribution in [1.29, 1.82) is 0 Å². The molecule has 30 heavy (non-hydrogen) atoms. The number of aromatic nitrogens is 1. The number of carbonyl (C=O) groups is 2. The molecule has 7 nitrogen and oxygen atoms in total. The summed E-state index contributed by atoms with van der Waals surface area (Å²) >= 11 is -0.156. The van der Waals surface area contributed by atoms with E-state index in [1.165, 1.54) is 11.8 Å². The number of amides is 1. The van der Waals surface area contributed by atoms with E-state index < -0.39 is 17.0 Å². The number of aryl methyl sites for hydroxylation is 1. The summed E-state index contributed by atoms with van der Waals surface area (Å²) in [6.07, 6.45) is 9.23. The van der Waals surface area contributed by atoms with E-state index in [1.807, 2.05) is 19.1 Å². The number of carboxylic acid groups (broad SMARTS) is 1. The second-order valence-electron chi connectivity index (χ2n) is 7.30. The van der Waals surface area contributed by atoms with E-state index >= 15 is 0 Å². The van der Waals surface area contributed by atoms with Crippen LogP contribution in [0.4, 0.5) is 5.82 Å². The van der Waals surface area contributed by atoms with E-state index in [1.54, 1.807) is 0 Å². The third-order valence-corrected chi connectivity index (χ3v) is 6.29. The summed E-state index contributed by atoms with van der Waals surface area (Å²) in [6, 6.07) is 3.81. The molecule has 0 aliphatic rings. The Hall–Kier alpha value is -1.45. The van der Waals surface area contributed by atoms with Crippen LogP contribution in [-0.2, 0) is 20.7 Å². The zero-order chi connectivity index (χ0) is 22.2. The monoisotopic (exact) mass is 458 g/mol. The molecule has 1 aromatic heterocycles. The van der Waals surface area contributed by atoms with E-state index in [9.17, 15) is 13.8 Å². The molecule has 0 saturated heterocycles. The first-order valence-corrected chi connectivity index (χ1v) is 12.8. The Morgan fingerprint density at radius 3 is 2.27 bits per heavy atom. The Labute approximate surface area is 186 Å². The van der Waals surface area contributed by atoms with Crippen molar-refractivity contribution < 1.29 is 23.5 Å². The van der Waals surface area contributed by atoms with Crippen molar-refractivity contribution in [1.82, 2.24) is 4.98 Å². The highest BCUT2D eigenvalue weighted by molar-refractivity contribution is 7.99. The predicted octanol–water partition coefficient (Wildman–Crippen LogP) is 5.02. The third kappa shape index (κ3) is 13.7. The Morgan fingerprint density at radius 1 is 1.00 bits per heavy atom. The summed E-state index contributed by atoms with van der Waals surface area (Å²) in [7, 11) is 0. The van der Waals surface area contributed by atoms with Crippen molar-refractivity contribution in [2.45, 2.75) is 82.4 Å². The second kappa shape index (κ2) is 16.3. The first kappa shape index (κ1) is 26.6. The molecular weight excluding hydrogens is 424 g/mol. The van der Waals surface area contributed by atoms with Crippen LogP contribution in [0.25, 0.3) is 0 Å². The van der Waals surface area contributed by atoms with Crippen molar-refractivity contribution in [3.05, 3.63) is 17.8 Å². The van der Waals surface area contributed by atoms with Crippen LogP contribution in [0.2, 0.25) is 0 Å². The van der Waals surface area contributed by atoms with E-state index in [-0.39, 0.29) is 12.3 Å². The number of hydrogen-bond donors (Lipinski definition) is 3. The molecule has 1 heterocycles. The summed E-state index contributed by atoms with van der Waals surface area (Å²) in [5.41, 5.74) is 0.824. The molecule has 1 rings (SSSR count). The van der Waals surface area contributed by atoms with Crippen molar-refractivity contribution in [3.8, 4) is 0 Å². The number of carboxylic acids is 1. The first-order valence-electron chi connectivity index (χ1n) is 10.6. The number of nitrogens with zero attached hydrogens (tertiary/aromatic N) is 1. The Morgan fingerprint density at radius 2 is 1.63 bits per heavy atom. The minimum Gasteiger partial charge on any atom is -0.481 e. The number of nitrogens with one attached hydrogen (secondary N) is 1. The lowest BCUT2D eigenvalue weighted by Gasteiger charge is -2.11. The molecule has 0 aromatic carbocycles. The molecule has 1 atom stereocenters. The van der Waals surface area contributed by atoms with Crippen LogP contribution in [0, 0.1) is 6.92 Å². The summed E-state index contributed by atoms with van der Waals surface area (Å²) in [4.78, 5) is 28.2. The lowest BCUT2D eigenvalue weighted by atomic mass is 10.1. The molecule has 1 aromatic rings. The lowest BCUT2D eigenvalue weighted by Crippen LogP contribution is -2.13. The van der Waals surface area contributed by atoms with Gasteiger partial charge < -0.3 is 15.0 Å². The fourth-order valence-corrected chi connectivity index (χ4v) is 4.28. The molecule has 0 fully saturated rings. The molecule has 1 unspecified atom stereocenters. The van der Waals surface area contributed by atoms with Crippen LogP contribution < -0.4 is 5.32 Å². The van der Waals surface area contributed by atoms with Gasteiger partial charge in [0, 0.05) is 24.3 Å². The average Bonchev–Trinajstić information content (AvgIpc) is 2.67. The molecule has 0 radical (unpaired) electrons. The quantitative estimate of drug-likeness (QED) is 0.170. The number of hydrogen-bond acceptors (Lipinski definition) is 5. The van der Waals surface area contributed by atoms with Gasteiger partial charge in [-0.15, -0.1) is 11.8 Å². The summed E-state index contributed by atoms with van der Waals surface area (Å²) in [5, 5.41) is 11.6. The summed E-state index contributed by atoms with van der Waals surface area (Å²) in [6.45, 7) is 1.87. The van der Waals surface area contributed by atoms with Gasteiger partial charge in [-0.05, 0) is 44.1 Å². The highest BCUT2D eigenvalue weighted by Gasteiger charge is 2.10. The Kier molecular flexibility index (Phi) is 14.4. The third-order valence-electron chi connectivity index (χ3n) is 4.52. The molecule has 1 amide bonds. The van der Waals surface area contributed by atoms with Gasteiger partial charge in [0.05, 0.1) is 4.90 Å². The van der Waals surface area contributed by atoms with Gasteiger partial charge in [-0.3, -0.25) is 9.59 Å². The minimum atomic E-state index is -1.67. The molecule has 0 saturated carbocycles. The van der Waals surface area contributed by atoms with E-state index in [0.717, 1.165) is 62.0 Å². The van der Waals surface area contributed by atoms with Crippen LogP contribution in [0.1, 0.15) is 76.3 Å². The lowest BCUT2D eigenvalue weighted by molar-refractivity contribution is -0.137. The Bertz CT molecular complexity index is 685. The van der Waals surface area contributed by atoms with E-state index in [0.29, 0.717) is 30.2 Å². The van der Waals surface area contributed by atoms with Crippen LogP contribution in [-0.4, -0.2) is 42.2 Å². The molecule has 9 heteroatoms. The van der Waals surface area contributed by atoms with Gasteiger partial charge >= 0.3 is 5.97 Å².